The zero-order valence-corrected chi connectivity index (χ0v) is 19.4. The van der Waals surface area contributed by atoms with E-state index in [1.807, 2.05) is 39.8 Å². The Morgan fingerprint density at radius 1 is 1.07 bits per heavy atom. The van der Waals surface area contributed by atoms with E-state index in [4.69, 9.17) is 9.47 Å². The number of nitrogens with one attached hydrogen (secondary N) is 1. The minimum Gasteiger partial charge on any atom is -0.497 e. The number of carbonyl (C=O) groups excluding carboxylic acids is 1. The maximum absolute atomic E-state index is 12.8. The van der Waals surface area contributed by atoms with Gasteiger partial charge in [-0.25, -0.2) is 8.42 Å². The first kappa shape index (κ1) is 23.5. The highest BCUT2D eigenvalue weighted by molar-refractivity contribution is 7.92. The standard InChI is InChI=1S/C22H30N2O5S/c1-14-10-15(2)22(16(3)11-14)24(30(7,26)27)13-21(25)23-17(4)19-12-18(28-5)8-9-20(19)29-6/h8-12,17H,13H2,1-7H3,(H,23,25)/t17-/m1/s1. The van der Waals surface area contributed by atoms with Crippen LogP contribution >= 0.6 is 0 Å². The van der Waals surface area contributed by atoms with Crippen molar-refractivity contribution in [3.8, 4) is 11.5 Å². The summed E-state index contributed by atoms with van der Waals surface area (Å²) in [7, 11) is -0.557. The number of methoxy groups -OCH3 is 2. The van der Waals surface area contributed by atoms with Crippen LogP contribution in [0.2, 0.25) is 0 Å². The van der Waals surface area contributed by atoms with E-state index in [1.165, 1.54) is 0 Å². The van der Waals surface area contributed by atoms with Gasteiger partial charge in [-0.1, -0.05) is 17.7 Å². The van der Waals surface area contributed by atoms with Crippen LogP contribution in [0.5, 0.6) is 11.5 Å². The van der Waals surface area contributed by atoms with E-state index in [2.05, 4.69) is 5.32 Å². The number of hydrogen-bond donors (Lipinski definition) is 1. The van der Waals surface area contributed by atoms with Gasteiger partial charge in [-0.2, -0.15) is 0 Å². The largest absolute Gasteiger partial charge is 0.497 e. The third-order valence-corrected chi connectivity index (χ3v) is 5.97. The highest BCUT2D eigenvalue weighted by Gasteiger charge is 2.25. The molecule has 0 aromatic heterocycles. The Morgan fingerprint density at radius 2 is 1.67 bits per heavy atom. The normalized spacial score (nSPS) is 12.2. The fourth-order valence-corrected chi connectivity index (χ4v) is 4.57. The molecule has 2 aromatic carbocycles. The van der Waals surface area contributed by atoms with E-state index >= 15 is 0 Å². The van der Waals surface area contributed by atoms with E-state index in [0.29, 0.717) is 17.2 Å². The lowest BCUT2D eigenvalue weighted by Crippen LogP contribution is -2.41. The van der Waals surface area contributed by atoms with Crippen LogP contribution in [0.4, 0.5) is 5.69 Å². The summed E-state index contributed by atoms with van der Waals surface area (Å²) in [6, 6.07) is 8.71. The molecule has 30 heavy (non-hydrogen) atoms. The van der Waals surface area contributed by atoms with Crippen LogP contribution < -0.4 is 19.1 Å². The Morgan fingerprint density at radius 3 is 2.17 bits per heavy atom. The molecule has 1 atom stereocenters. The number of hydrogen-bond acceptors (Lipinski definition) is 5. The van der Waals surface area contributed by atoms with Gasteiger partial charge >= 0.3 is 0 Å². The molecule has 0 heterocycles. The summed E-state index contributed by atoms with van der Waals surface area (Å²) in [5.74, 6) is 0.821. The minimum absolute atomic E-state index is 0.319. The number of aryl methyl sites for hydroxylation is 3. The van der Waals surface area contributed by atoms with Gasteiger partial charge in [-0.05, 0) is 57.0 Å². The molecule has 0 aliphatic carbocycles. The molecule has 0 fully saturated rings. The van der Waals surface area contributed by atoms with Crippen molar-refractivity contribution in [3.05, 3.63) is 52.6 Å². The number of rotatable bonds is 8. The van der Waals surface area contributed by atoms with Crippen molar-refractivity contribution in [3.63, 3.8) is 0 Å². The van der Waals surface area contributed by atoms with Crippen molar-refractivity contribution < 1.29 is 22.7 Å². The molecule has 0 radical (unpaired) electrons. The number of benzene rings is 2. The summed E-state index contributed by atoms with van der Waals surface area (Å²) in [5.41, 5.74) is 3.90. The fourth-order valence-electron chi connectivity index (χ4n) is 3.60. The third-order valence-electron chi connectivity index (χ3n) is 4.85. The van der Waals surface area contributed by atoms with Gasteiger partial charge < -0.3 is 14.8 Å². The number of anilines is 1. The van der Waals surface area contributed by atoms with Gasteiger partial charge in [0.2, 0.25) is 15.9 Å². The van der Waals surface area contributed by atoms with E-state index in [-0.39, 0.29) is 6.54 Å². The quantitative estimate of drug-likeness (QED) is 0.689. The van der Waals surface area contributed by atoms with Gasteiger partial charge in [0.25, 0.3) is 0 Å². The number of amides is 1. The molecule has 2 rings (SSSR count). The van der Waals surface area contributed by atoms with Crippen LogP contribution in [0.1, 0.15) is 35.2 Å². The average molecular weight is 435 g/mol. The lowest BCUT2D eigenvalue weighted by atomic mass is 10.0. The van der Waals surface area contributed by atoms with Crippen LogP contribution in [0.25, 0.3) is 0 Å². The molecule has 164 valence electrons. The topological polar surface area (TPSA) is 84.9 Å². The van der Waals surface area contributed by atoms with Crippen molar-refractivity contribution >= 4 is 21.6 Å². The van der Waals surface area contributed by atoms with Crippen LogP contribution in [-0.4, -0.2) is 41.3 Å². The molecular formula is C22H30N2O5S. The molecule has 8 heteroatoms. The maximum atomic E-state index is 12.8. The SMILES string of the molecule is COc1ccc(OC)c([C@@H](C)NC(=O)CN(c2c(C)cc(C)cc2C)S(C)(=O)=O)c1. The van der Waals surface area contributed by atoms with Crippen molar-refractivity contribution in [1.82, 2.24) is 5.32 Å². The first-order chi connectivity index (χ1) is 14.0. The summed E-state index contributed by atoms with van der Waals surface area (Å²) >= 11 is 0. The number of ether oxygens (including phenoxy) is 2. The van der Waals surface area contributed by atoms with E-state index in [0.717, 1.165) is 32.8 Å². The van der Waals surface area contributed by atoms with Gasteiger partial charge in [0.05, 0.1) is 32.2 Å². The second-order valence-corrected chi connectivity index (χ2v) is 9.32. The zero-order chi connectivity index (χ0) is 22.6. The van der Waals surface area contributed by atoms with E-state index < -0.39 is 22.0 Å². The first-order valence-electron chi connectivity index (χ1n) is 9.54. The summed E-state index contributed by atoms with van der Waals surface area (Å²) < 4.78 is 36.8. The second-order valence-electron chi connectivity index (χ2n) is 7.41. The zero-order valence-electron chi connectivity index (χ0n) is 18.6. The smallest absolute Gasteiger partial charge is 0.241 e. The van der Waals surface area contributed by atoms with Gasteiger partial charge in [0, 0.05) is 5.56 Å². The first-order valence-corrected chi connectivity index (χ1v) is 11.4. The third kappa shape index (κ3) is 5.44. The molecule has 0 saturated heterocycles. The molecule has 7 nitrogen and oxygen atoms in total. The van der Waals surface area contributed by atoms with Crippen molar-refractivity contribution in [2.45, 2.75) is 33.7 Å². The summed E-state index contributed by atoms with van der Waals surface area (Å²) in [6.07, 6.45) is 1.10. The molecule has 0 saturated carbocycles. The molecule has 2 aromatic rings. The van der Waals surface area contributed by atoms with Crippen LogP contribution in [0.15, 0.2) is 30.3 Å². The molecule has 1 N–H and O–H groups in total. The monoisotopic (exact) mass is 434 g/mol. The number of carbonyl (C=O) groups is 1. The van der Waals surface area contributed by atoms with Crippen LogP contribution in [0, 0.1) is 20.8 Å². The van der Waals surface area contributed by atoms with Crippen molar-refractivity contribution in [2.24, 2.45) is 0 Å². The maximum Gasteiger partial charge on any atom is 0.241 e. The number of sulfonamides is 1. The minimum atomic E-state index is -3.67. The Kier molecular flexibility index (Phi) is 7.36. The second kappa shape index (κ2) is 9.38. The predicted molar refractivity (Wildman–Crippen MR) is 119 cm³/mol. The van der Waals surface area contributed by atoms with Gasteiger partial charge in [0.1, 0.15) is 18.0 Å². The Balaban J connectivity index is 2.30. The molecule has 1 amide bonds. The van der Waals surface area contributed by atoms with Crippen LogP contribution in [-0.2, 0) is 14.8 Å². The van der Waals surface area contributed by atoms with E-state index in [1.54, 1.807) is 32.4 Å². The van der Waals surface area contributed by atoms with Gasteiger partial charge in [-0.3, -0.25) is 9.10 Å². The predicted octanol–water partition coefficient (Wildman–Crippen LogP) is 3.27. The summed E-state index contributed by atoms with van der Waals surface area (Å²) in [6.45, 7) is 7.12. The fraction of sp³-hybridized carbons (Fsp3) is 0.409. The van der Waals surface area contributed by atoms with Gasteiger partial charge in [-0.15, -0.1) is 0 Å². The molecule has 0 bridgehead atoms. The van der Waals surface area contributed by atoms with Crippen molar-refractivity contribution in [2.75, 3.05) is 31.3 Å². The summed E-state index contributed by atoms with van der Waals surface area (Å²) in [4.78, 5) is 12.8. The van der Waals surface area contributed by atoms with Crippen LogP contribution in [0.3, 0.4) is 0 Å². The Labute approximate surface area is 179 Å². The molecule has 0 spiro atoms. The van der Waals surface area contributed by atoms with E-state index in [9.17, 15) is 13.2 Å². The Bertz CT molecular complexity index is 1010. The highest BCUT2D eigenvalue weighted by Crippen LogP contribution is 2.30. The molecular weight excluding hydrogens is 404 g/mol. The Hall–Kier alpha value is -2.74. The number of nitrogens with zero attached hydrogens (tertiary/aromatic N) is 1. The highest BCUT2D eigenvalue weighted by atomic mass is 32.2. The molecule has 0 aliphatic heterocycles. The summed E-state index contributed by atoms with van der Waals surface area (Å²) in [5, 5.41) is 2.86. The average Bonchev–Trinajstić information content (AvgIpc) is 2.65. The lowest BCUT2D eigenvalue weighted by molar-refractivity contribution is -0.120. The van der Waals surface area contributed by atoms with Gasteiger partial charge in [0.15, 0.2) is 0 Å². The molecule has 0 aliphatic rings. The lowest BCUT2D eigenvalue weighted by Gasteiger charge is -2.27. The molecule has 0 unspecified atom stereocenters. The van der Waals surface area contributed by atoms with Crippen molar-refractivity contribution in [1.29, 1.82) is 0 Å².